The highest BCUT2D eigenvalue weighted by Gasteiger charge is 2.67. The summed E-state index contributed by atoms with van der Waals surface area (Å²) in [6.45, 7) is 1.92. The molecule has 2 fully saturated rings. The zero-order valence-corrected chi connectivity index (χ0v) is 6.55. The highest BCUT2D eigenvalue weighted by molar-refractivity contribution is 5.18. The summed E-state index contributed by atoms with van der Waals surface area (Å²) in [6, 6.07) is 0. The first-order valence-electron chi connectivity index (χ1n) is 3.88. The summed E-state index contributed by atoms with van der Waals surface area (Å²) in [5.74, 6) is 0.421. The first-order chi connectivity index (χ1) is 4.61. The van der Waals surface area contributed by atoms with E-state index < -0.39 is 5.60 Å². The molecule has 2 aliphatic carbocycles. The zero-order valence-electron chi connectivity index (χ0n) is 6.55. The minimum atomic E-state index is -0.435. The highest BCUT2D eigenvalue weighted by atomic mass is 16.5. The third-order valence-corrected chi connectivity index (χ3v) is 3.24. The van der Waals surface area contributed by atoms with Crippen LogP contribution in [0.5, 0.6) is 0 Å². The van der Waals surface area contributed by atoms with Crippen LogP contribution in [0, 0.1) is 5.92 Å². The van der Waals surface area contributed by atoms with Crippen LogP contribution in [0.25, 0.3) is 0 Å². The maximum Gasteiger partial charge on any atom is 0.0741 e. The SMILES string of the molecule is CO[C@@]12CC[C@](C)(O)[C@H]1C2. The van der Waals surface area contributed by atoms with Gasteiger partial charge in [-0.25, -0.2) is 0 Å². The number of rotatable bonds is 1. The first kappa shape index (κ1) is 6.62. The lowest BCUT2D eigenvalue weighted by molar-refractivity contribution is 0.0303. The molecular formula is C8H14O2. The molecule has 0 aromatic rings. The van der Waals surface area contributed by atoms with Crippen molar-refractivity contribution in [3.63, 3.8) is 0 Å². The van der Waals surface area contributed by atoms with Crippen LogP contribution in [-0.4, -0.2) is 23.4 Å². The smallest absolute Gasteiger partial charge is 0.0741 e. The molecule has 0 aromatic heterocycles. The van der Waals surface area contributed by atoms with E-state index in [0.717, 1.165) is 19.3 Å². The predicted molar refractivity (Wildman–Crippen MR) is 37.7 cm³/mol. The molecule has 1 N–H and O–H groups in total. The molecule has 0 bridgehead atoms. The molecule has 2 saturated carbocycles. The molecule has 0 aromatic carbocycles. The van der Waals surface area contributed by atoms with Crippen molar-refractivity contribution in [2.75, 3.05) is 7.11 Å². The van der Waals surface area contributed by atoms with Gasteiger partial charge in [-0.3, -0.25) is 0 Å². The van der Waals surface area contributed by atoms with Gasteiger partial charge in [-0.15, -0.1) is 0 Å². The standard InChI is InChI=1S/C8H14O2/c1-7(9)3-4-8(10-2)5-6(7)8/h6,9H,3-5H2,1-2H3/t6-,7+,8-/m1/s1. The van der Waals surface area contributed by atoms with E-state index in [0.29, 0.717) is 5.92 Å². The Kier molecular flexibility index (Phi) is 1.03. The molecule has 10 heavy (non-hydrogen) atoms. The Morgan fingerprint density at radius 1 is 1.50 bits per heavy atom. The Bertz CT molecular complexity index is 165. The largest absolute Gasteiger partial charge is 0.390 e. The lowest BCUT2D eigenvalue weighted by Crippen LogP contribution is -2.23. The van der Waals surface area contributed by atoms with Crippen molar-refractivity contribution in [2.45, 2.75) is 37.4 Å². The number of hydrogen-bond donors (Lipinski definition) is 1. The second kappa shape index (κ2) is 1.56. The van der Waals surface area contributed by atoms with Gasteiger partial charge < -0.3 is 9.84 Å². The Labute approximate surface area is 61.2 Å². The average molecular weight is 142 g/mol. The van der Waals surface area contributed by atoms with Gasteiger partial charge in [0.15, 0.2) is 0 Å². The Morgan fingerprint density at radius 2 is 2.20 bits per heavy atom. The summed E-state index contributed by atoms with van der Waals surface area (Å²) in [5.41, 5.74) is -0.348. The lowest BCUT2D eigenvalue weighted by atomic mass is 10.0. The van der Waals surface area contributed by atoms with E-state index in [9.17, 15) is 5.11 Å². The van der Waals surface area contributed by atoms with E-state index in [4.69, 9.17) is 4.74 Å². The van der Waals surface area contributed by atoms with E-state index in [-0.39, 0.29) is 5.60 Å². The lowest BCUT2D eigenvalue weighted by Gasteiger charge is -2.16. The van der Waals surface area contributed by atoms with E-state index in [1.807, 2.05) is 6.92 Å². The molecule has 3 atom stereocenters. The molecule has 58 valence electrons. The summed E-state index contributed by atoms with van der Waals surface area (Å²) < 4.78 is 5.35. The molecule has 0 spiro atoms. The molecule has 0 amide bonds. The van der Waals surface area contributed by atoms with Gasteiger partial charge in [-0.05, 0) is 26.2 Å². The first-order valence-corrected chi connectivity index (χ1v) is 3.88. The van der Waals surface area contributed by atoms with Crippen LogP contribution in [0.2, 0.25) is 0 Å². The van der Waals surface area contributed by atoms with Gasteiger partial charge in [-0.1, -0.05) is 0 Å². The van der Waals surface area contributed by atoms with Crippen molar-refractivity contribution in [1.82, 2.24) is 0 Å². The van der Waals surface area contributed by atoms with E-state index in [1.165, 1.54) is 0 Å². The number of fused-ring (bicyclic) bond motifs is 1. The predicted octanol–water partition coefficient (Wildman–Crippen LogP) is 0.936. The maximum absolute atomic E-state index is 9.72. The summed E-state index contributed by atoms with van der Waals surface area (Å²) in [5, 5.41) is 9.72. The van der Waals surface area contributed by atoms with Gasteiger partial charge in [0.1, 0.15) is 0 Å². The molecule has 2 nitrogen and oxygen atoms in total. The molecule has 0 aliphatic heterocycles. The van der Waals surface area contributed by atoms with Crippen LogP contribution >= 0.6 is 0 Å². The number of ether oxygens (including phenoxy) is 1. The topological polar surface area (TPSA) is 29.5 Å². The summed E-state index contributed by atoms with van der Waals surface area (Å²) in [4.78, 5) is 0. The molecular weight excluding hydrogens is 128 g/mol. The number of aliphatic hydroxyl groups is 1. The zero-order chi connectivity index (χ0) is 7.41. The van der Waals surface area contributed by atoms with Crippen LogP contribution in [-0.2, 0) is 4.74 Å². The second-order valence-electron chi connectivity index (χ2n) is 3.88. The molecule has 0 heterocycles. The fraction of sp³-hybridized carbons (Fsp3) is 1.00. The van der Waals surface area contributed by atoms with Crippen molar-refractivity contribution in [1.29, 1.82) is 0 Å². The molecule has 0 saturated heterocycles. The monoisotopic (exact) mass is 142 g/mol. The van der Waals surface area contributed by atoms with E-state index >= 15 is 0 Å². The fourth-order valence-electron chi connectivity index (χ4n) is 2.32. The van der Waals surface area contributed by atoms with Crippen molar-refractivity contribution in [2.24, 2.45) is 5.92 Å². The van der Waals surface area contributed by atoms with Crippen LogP contribution in [0.3, 0.4) is 0 Å². The minimum absolute atomic E-state index is 0.0868. The normalized spacial score (nSPS) is 58.5. The van der Waals surface area contributed by atoms with Crippen LogP contribution < -0.4 is 0 Å². The fourth-order valence-corrected chi connectivity index (χ4v) is 2.32. The van der Waals surface area contributed by atoms with Gasteiger partial charge in [0.25, 0.3) is 0 Å². The van der Waals surface area contributed by atoms with Crippen molar-refractivity contribution < 1.29 is 9.84 Å². The third-order valence-electron chi connectivity index (χ3n) is 3.24. The Hall–Kier alpha value is -0.0800. The molecule has 0 unspecified atom stereocenters. The van der Waals surface area contributed by atoms with Gasteiger partial charge >= 0.3 is 0 Å². The molecule has 0 radical (unpaired) electrons. The summed E-state index contributed by atoms with van der Waals surface area (Å²) in [6.07, 6.45) is 3.02. The van der Waals surface area contributed by atoms with Gasteiger partial charge in [0.2, 0.25) is 0 Å². The second-order valence-corrected chi connectivity index (χ2v) is 3.88. The summed E-state index contributed by atoms with van der Waals surface area (Å²) >= 11 is 0. The number of hydrogen-bond acceptors (Lipinski definition) is 2. The van der Waals surface area contributed by atoms with Gasteiger partial charge in [0, 0.05) is 13.0 Å². The molecule has 2 heteroatoms. The van der Waals surface area contributed by atoms with Gasteiger partial charge in [0.05, 0.1) is 11.2 Å². The maximum atomic E-state index is 9.72. The van der Waals surface area contributed by atoms with Crippen molar-refractivity contribution in [3.8, 4) is 0 Å². The minimum Gasteiger partial charge on any atom is -0.390 e. The van der Waals surface area contributed by atoms with E-state index in [1.54, 1.807) is 7.11 Å². The van der Waals surface area contributed by atoms with Crippen molar-refractivity contribution >= 4 is 0 Å². The highest BCUT2D eigenvalue weighted by Crippen LogP contribution is 2.62. The van der Waals surface area contributed by atoms with Gasteiger partial charge in [-0.2, -0.15) is 0 Å². The van der Waals surface area contributed by atoms with Crippen LogP contribution in [0.15, 0.2) is 0 Å². The number of methoxy groups -OCH3 is 1. The molecule has 2 aliphatic rings. The average Bonchev–Trinajstić information content (AvgIpc) is 2.55. The van der Waals surface area contributed by atoms with E-state index in [2.05, 4.69) is 0 Å². The Morgan fingerprint density at radius 3 is 2.40 bits per heavy atom. The quantitative estimate of drug-likeness (QED) is 0.590. The van der Waals surface area contributed by atoms with Crippen LogP contribution in [0.1, 0.15) is 26.2 Å². The Balaban J connectivity index is 2.15. The van der Waals surface area contributed by atoms with Crippen LogP contribution in [0.4, 0.5) is 0 Å². The summed E-state index contributed by atoms with van der Waals surface area (Å²) in [7, 11) is 1.75. The van der Waals surface area contributed by atoms with Crippen molar-refractivity contribution in [3.05, 3.63) is 0 Å². The molecule has 2 rings (SSSR count). The third kappa shape index (κ3) is 0.611.